The summed E-state index contributed by atoms with van der Waals surface area (Å²) >= 11 is 3.45. The van der Waals surface area contributed by atoms with Crippen molar-refractivity contribution in [3.8, 4) is 0 Å². The molecule has 0 bridgehead atoms. The molecule has 0 atom stereocenters. The van der Waals surface area contributed by atoms with Crippen molar-refractivity contribution in [3.63, 3.8) is 0 Å². The van der Waals surface area contributed by atoms with Crippen molar-refractivity contribution < 1.29 is 0 Å². The van der Waals surface area contributed by atoms with Gasteiger partial charge >= 0.3 is 0 Å². The number of aryl methyl sites for hydroxylation is 1. The number of hydrogen-bond acceptors (Lipinski definition) is 0. The van der Waals surface area contributed by atoms with Crippen LogP contribution in [0.1, 0.15) is 18.1 Å². The molecular weight excluding hydrogens is 212 g/mol. The van der Waals surface area contributed by atoms with E-state index in [2.05, 4.69) is 52.3 Å². The summed E-state index contributed by atoms with van der Waals surface area (Å²) < 4.78 is 0. The first-order valence-electron chi connectivity index (χ1n) is 4.15. The Morgan fingerprint density at radius 3 is 2.75 bits per heavy atom. The van der Waals surface area contributed by atoms with E-state index in [0.717, 1.165) is 11.8 Å². The van der Waals surface area contributed by atoms with E-state index >= 15 is 0 Å². The lowest BCUT2D eigenvalue weighted by atomic mass is 10.1. The van der Waals surface area contributed by atoms with Gasteiger partial charge in [-0.3, -0.25) is 0 Å². The molecule has 0 nitrogen and oxygen atoms in total. The average molecular weight is 225 g/mol. The lowest BCUT2D eigenvalue weighted by Crippen LogP contribution is -1.88. The summed E-state index contributed by atoms with van der Waals surface area (Å²) in [5.41, 5.74) is 2.74. The summed E-state index contributed by atoms with van der Waals surface area (Å²) in [6.45, 7) is 2.05. The first-order chi connectivity index (χ1) is 5.88. The summed E-state index contributed by atoms with van der Waals surface area (Å²) in [6.07, 6.45) is 5.32. The van der Waals surface area contributed by atoms with Gasteiger partial charge < -0.3 is 0 Å². The first kappa shape index (κ1) is 9.53. The normalized spacial score (nSPS) is 10.8. The number of hydrogen-bond donors (Lipinski definition) is 0. The van der Waals surface area contributed by atoms with Crippen LogP contribution in [-0.2, 0) is 6.42 Å². The lowest BCUT2D eigenvalue weighted by Gasteiger charge is -2.02. The van der Waals surface area contributed by atoms with Gasteiger partial charge in [-0.2, -0.15) is 0 Å². The third-order valence-corrected chi connectivity index (χ3v) is 2.16. The van der Waals surface area contributed by atoms with Gasteiger partial charge in [-0.05, 0) is 24.5 Å². The van der Waals surface area contributed by atoms with Gasteiger partial charge in [0.1, 0.15) is 0 Å². The number of rotatable bonds is 3. The predicted molar refractivity (Wildman–Crippen MR) is 58.6 cm³/mol. The Morgan fingerprint density at radius 2 is 2.08 bits per heavy atom. The molecule has 0 spiro atoms. The van der Waals surface area contributed by atoms with Gasteiger partial charge in [-0.15, -0.1) is 0 Å². The van der Waals surface area contributed by atoms with Crippen molar-refractivity contribution in [2.45, 2.75) is 13.3 Å². The smallest absolute Gasteiger partial charge is 0.00720 e. The lowest BCUT2D eigenvalue weighted by molar-refractivity contribution is 1.16. The van der Waals surface area contributed by atoms with Gasteiger partial charge in [-0.1, -0.05) is 52.3 Å². The van der Waals surface area contributed by atoms with Crippen molar-refractivity contribution in [1.82, 2.24) is 0 Å². The van der Waals surface area contributed by atoms with E-state index < -0.39 is 0 Å². The van der Waals surface area contributed by atoms with Gasteiger partial charge in [0.2, 0.25) is 0 Å². The molecule has 0 amide bonds. The maximum atomic E-state index is 3.45. The second-order valence-corrected chi connectivity index (χ2v) is 3.43. The molecule has 12 heavy (non-hydrogen) atoms. The molecule has 0 saturated carbocycles. The van der Waals surface area contributed by atoms with Gasteiger partial charge in [0.15, 0.2) is 0 Å². The number of allylic oxidation sites excluding steroid dienone is 1. The van der Waals surface area contributed by atoms with Crippen molar-refractivity contribution >= 4 is 22.0 Å². The molecule has 0 unspecified atom stereocenters. The van der Waals surface area contributed by atoms with E-state index in [0.29, 0.717) is 0 Å². The minimum Gasteiger partial charge on any atom is -0.0924 e. The molecule has 0 N–H and O–H groups in total. The van der Waals surface area contributed by atoms with Gasteiger partial charge in [0.25, 0.3) is 0 Å². The molecule has 64 valence electrons. The third-order valence-electron chi connectivity index (χ3n) is 1.77. The molecule has 1 heteroatoms. The van der Waals surface area contributed by atoms with Crippen molar-refractivity contribution in [2.75, 3.05) is 5.33 Å². The average Bonchev–Trinajstić information content (AvgIpc) is 2.09. The van der Waals surface area contributed by atoms with Crippen LogP contribution in [0.25, 0.3) is 6.08 Å². The molecule has 1 aromatic rings. The molecule has 0 heterocycles. The molecule has 0 radical (unpaired) electrons. The first-order valence-corrected chi connectivity index (χ1v) is 5.27. The van der Waals surface area contributed by atoms with Crippen LogP contribution in [0.4, 0.5) is 0 Å². The second-order valence-electron chi connectivity index (χ2n) is 2.64. The van der Waals surface area contributed by atoms with E-state index in [1.54, 1.807) is 0 Å². The Kier molecular flexibility index (Phi) is 4.09. The standard InChI is InChI=1S/C11H13Br/c1-2-5-10-6-3-4-7-11(10)8-9-12/h2-7H,8-9H2,1H3. The molecule has 0 saturated heterocycles. The highest BCUT2D eigenvalue weighted by Crippen LogP contribution is 2.12. The van der Waals surface area contributed by atoms with E-state index in [-0.39, 0.29) is 0 Å². The summed E-state index contributed by atoms with van der Waals surface area (Å²) in [4.78, 5) is 0. The van der Waals surface area contributed by atoms with Crippen molar-refractivity contribution in [1.29, 1.82) is 0 Å². The largest absolute Gasteiger partial charge is 0.0924 e. The monoisotopic (exact) mass is 224 g/mol. The third kappa shape index (κ3) is 2.49. The maximum Gasteiger partial charge on any atom is 0.00720 e. The Labute approximate surface area is 82.4 Å². The molecule has 0 fully saturated rings. The summed E-state index contributed by atoms with van der Waals surface area (Å²) in [5.74, 6) is 0. The second kappa shape index (κ2) is 5.15. The van der Waals surface area contributed by atoms with Crippen LogP contribution in [0.5, 0.6) is 0 Å². The van der Waals surface area contributed by atoms with E-state index in [1.807, 2.05) is 6.92 Å². The topological polar surface area (TPSA) is 0 Å². The van der Waals surface area contributed by atoms with Gasteiger partial charge in [0.05, 0.1) is 0 Å². The fraction of sp³-hybridized carbons (Fsp3) is 0.273. The highest BCUT2D eigenvalue weighted by atomic mass is 79.9. The molecule has 0 aliphatic rings. The van der Waals surface area contributed by atoms with Crippen molar-refractivity contribution in [3.05, 3.63) is 41.5 Å². The Balaban J connectivity index is 2.91. The minimum atomic E-state index is 1.03. The van der Waals surface area contributed by atoms with Crippen LogP contribution < -0.4 is 0 Å². The van der Waals surface area contributed by atoms with Crippen LogP contribution in [-0.4, -0.2) is 5.33 Å². The van der Waals surface area contributed by atoms with Gasteiger partial charge in [-0.25, -0.2) is 0 Å². The molecular formula is C11H13Br. The van der Waals surface area contributed by atoms with Gasteiger partial charge in [0, 0.05) is 5.33 Å². The van der Waals surface area contributed by atoms with E-state index in [9.17, 15) is 0 Å². The highest BCUT2D eigenvalue weighted by Gasteiger charge is 1.95. The van der Waals surface area contributed by atoms with E-state index in [1.165, 1.54) is 11.1 Å². The Bertz CT molecular complexity index is 263. The minimum absolute atomic E-state index is 1.03. The quantitative estimate of drug-likeness (QED) is 0.688. The number of benzene rings is 1. The summed E-state index contributed by atoms with van der Waals surface area (Å²) in [6, 6.07) is 8.49. The molecule has 1 rings (SSSR count). The maximum absolute atomic E-state index is 3.45. The van der Waals surface area contributed by atoms with E-state index in [4.69, 9.17) is 0 Å². The zero-order valence-electron chi connectivity index (χ0n) is 7.26. The summed E-state index contributed by atoms with van der Waals surface area (Å²) in [7, 11) is 0. The molecule has 1 aromatic carbocycles. The van der Waals surface area contributed by atoms with Crippen LogP contribution in [0, 0.1) is 0 Å². The number of halogens is 1. The molecule has 0 aliphatic heterocycles. The predicted octanol–water partition coefficient (Wildman–Crippen LogP) is 3.66. The fourth-order valence-electron chi connectivity index (χ4n) is 1.21. The van der Waals surface area contributed by atoms with Crippen molar-refractivity contribution in [2.24, 2.45) is 0 Å². The number of alkyl halides is 1. The fourth-order valence-corrected chi connectivity index (χ4v) is 1.63. The van der Waals surface area contributed by atoms with Crippen LogP contribution in [0.15, 0.2) is 30.3 Å². The summed E-state index contributed by atoms with van der Waals surface area (Å²) in [5, 5.41) is 1.03. The van der Waals surface area contributed by atoms with Crippen LogP contribution in [0.3, 0.4) is 0 Å². The van der Waals surface area contributed by atoms with Crippen LogP contribution in [0.2, 0.25) is 0 Å². The molecule has 0 aromatic heterocycles. The Hall–Kier alpha value is -0.560. The zero-order chi connectivity index (χ0) is 8.81. The Morgan fingerprint density at radius 1 is 1.33 bits per heavy atom. The highest BCUT2D eigenvalue weighted by molar-refractivity contribution is 9.09. The SMILES string of the molecule is CC=Cc1ccccc1CCBr. The zero-order valence-corrected chi connectivity index (χ0v) is 8.84. The molecule has 0 aliphatic carbocycles. The van der Waals surface area contributed by atoms with Crippen LogP contribution >= 0.6 is 15.9 Å².